The van der Waals surface area contributed by atoms with Gasteiger partial charge in [0.1, 0.15) is 0 Å². The Balaban J connectivity index is 1.52. The second-order valence-corrected chi connectivity index (χ2v) is 9.54. The van der Waals surface area contributed by atoms with E-state index in [2.05, 4.69) is 4.72 Å². The minimum Gasteiger partial charge on any atom is -0.491 e. The van der Waals surface area contributed by atoms with Gasteiger partial charge in [0.25, 0.3) is 21.8 Å². The molecule has 33 heavy (non-hydrogen) atoms. The van der Waals surface area contributed by atoms with Crippen LogP contribution in [0.2, 0.25) is 0 Å². The average Bonchev–Trinajstić information content (AvgIpc) is 3.61. The van der Waals surface area contributed by atoms with E-state index in [1.165, 1.54) is 12.1 Å². The summed E-state index contributed by atoms with van der Waals surface area (Å²) in [6.45, 7) is 0. The molecule has 168 valence electrons. The topological polar surface area (TPSA) is 114 Å². The maximum atomic E-state index is 13.3. The van der Waals surface area contributed by atoms with Gasteiger partial charge in [0, 0.05) is 11.6 Å². The summed E-state index contributed by atoms with van der Waals surface area (Å²) in [5, 5.41) is 20.5. The Labute approximate surface area is 190 Å². The fourth-order valence-electron chi connectivity index (χ4n) is 3.87. The third-order valence-corrected chi connectivity index (χ3v) is 7.01. The van der Waals surface area contributed by atoms with Crippen LogP contribution in [0, 0.1) is 0 Å². The molecule has 3 N–H and O–H groups in total. The number of sulfonamides is 1. The third-order valence-electron chi connectivity index (χ3n) is 5.57. The molecule has 0 spiro atoms. The van der Waals surface area contributed by atoms with Crippen molar-refractivity contribution >= 4 is 15.7 Å². The van der Waals surface area contributed by atoms with E-state index < -0.39 is 27.5 Å². The minimum absolute atomic E-state index is 0.110. The predicted octanol–water partition coefficient (Wildman–Crippen LogP) is 3.85. The quantitative estimate of drug-likeness (QED) is 0.402. The smallest absolute Gasteiger partial charge is 0.338 e. The number of nitrogens with one attached hydrogen (secondary N) is 1. The van der Waals surface area contributed by atoms with Gasteiger partial charge in [0.2, 0.25) is 0 Å². The van der Waals surface area contributed by atoms with Gasteiger partial charge in [0.15, 0.2) is 0 Å². The summed E-state index contributed by atoms with van der Waals surface area (Å²) in [6, 6.07) is 21.8. The van der Waals surface area contributed by atoms with Gasteiger partial charge < -0.3 is 10.2 Å². The van der Waals surface area contributed by atoms with Crippen molar-refractivity contribution in [3.8, 4) is 28.6 Å². The molecule has 1 fully saturated rings. The van der Waals surface area contributed by atoms with Gasteiger partial charge >= 0.3 is 5.69 Å². The Hall–Kier alpha value is -3.98. The number of hydrogen-bond acceptors (Lipinski definition) is 5. The number of aromatic hydroxyl groups is 2. The van der Waals surface area contributed by atoms with E-state index in [1.54, 1.807) is 36.4 Å². The molecule has 0 radical (unpaired) electrons. The lowest BCUT2D eigenvalue weighted by molar-refractivity contribution is 0.363. The van der Waals surface area contributed by atoms with Gasteiger partial charge in [-0.3, -0.25) is 9.29 Å². The molecule has 0 aliphatic heterocycles. The van der Waals surface area contributed by atoms with E-state index in [-0.39, 0.29) is 22.3 Å². The van der Waals surface area contributed by atoms with Crippen molar-refractivity contribution in [3.05, 3.63) is 89.3 Å². The first-order chi connectivity index (χ1) is 15.9. The van der Waals surface area contributed by atoms with Gasteiger partial charge in [-0.15, -0.1) is 0 Å². The summed E-state index contributed by atoms with van der Waals surface area (Å²) in [5.41, 5.74) is 1.17. The summed E-state index contributed by atoms with van der Waals surface area (Å²) in [5.74, 6) is -1.08. The lowest BCUT2D eigenvalue weighted by Crippen LogP contribution is -2.22. The molecule has 0 unspecified atom stereocenters. The Morgan fingerprint density at radius 1 is 0.848 bits per heavy atom. The fourth-order valence-corrected chi connectivity index (χ4v) is 5.15. The maximum Gasteiger partial charge on any atom is 0.338 e. The molecule has 1 aliphatic carbocycles. The molecule has 0 saturated heterocycles. The third kappa shape index (κ3) is 3.76. The molecule has 9 heteroatoms. The monoisotopic (exact) mass is 463 g/mol. The van der Waals surface area contributed by atoms with Gasteiger partial charge in [-0.2, -0.15) is 0 Å². The minimum atomic E-state index is -3.97. The first-order valence-electron chi connectivity index (χ1n) is 10.4. The number of nitrogens with zero attached hydrogens (tertiary/aromatic N) is 2. The van der Waals surface area contributed by atoms with Crippen LogP contribution >= 0.6 is 0 Å². The van der Waals surface area contributed by atoms with Crippen LogP contribution in [0.5, 0.6) is 11.8 Å². The van der Waals surface area contributed by atoms with E-state index >= 15 is 0 Å². The molecule has 4 aromatic rings. The Morgan fingerprint density at radius 2 is 1.55 bits per heavy atom. The van der Waals surface area contributed by atoms with Crippen LogP contribution in [0.25, 0.3) is 16.8 Å². The van der Waals surface area contributed by atoms with Crippen molar-refractivity contribution < 1.29 is 18.6 Å². The van der Waals surface area contributed by atoms with Crippen LogP contribution in [0.15, 0.2) is 88.6 Å². The number of rotatable bonds is 6. The van der Waals surface area contributed by atoms with Gasteiger partial charge in [-0.1, -0.05) is 54.6 Å². The molecule has 3 aromatic carbocycles. The highest BCUT2D eigenvalue weighted by atomic mass is 32.2. The molecular formula is C24H21N3O5S. The predicted molar refractivity (Wildman–Crippen MR) is 124 cm³/mol. The highest BCUT2D eigenvalue weighted by molar-refractivity contribution is 7.92. The van der Waals surface area contributed by atoms with Crippen molar-refractivity contribution in [3.63, 3.8) is 0 Å². The second kappa shape index (κ2) is 7.86. The zero-order valence-corrected chi connectivity index (χ0v) is 18.2. The van der Waals surface area contributed by atoms with Crippen molar-refractivity contribution in [2.45, 2.75) is 23.8 Å². The Morgan fingerprint density at radius 3 is 2.27 bits per heavy atom. The highest BCUT2D eigenvalue weighted by Gasteiger charge is 2.32. The number of hydrogen-bond donors (Lipinski definition) is 3. The summed E-state index contributed by atoms with van der Waals surface area (Å²) in [7, 11) is -3.97. The Kier molecular flexibility index (Phi) is 4.98. The largest absolute Gasteiger partial charge is 0.491 e. The number of aromatic nitrogens is 2. The van der Waals surface area contributed by atoms with Crippen molar-refractivity contribution in [2.75, 3.05) is 4.72 Å². The number of anilines is 1. The molecule has 8 nitrogen and oxygen atoms in total. The van der Waals surface area contributed by atoms with Crippen LogP contribution < -0.4 is 10.4 Å². The summed E-state index contributed by atoms with van der Waals surface area (Å²) >= 11 is 0. The van der Waals surface area contributed by atoms with E-state index in [0.29, 0.717) is 5.56 Å². The number of benzene rings is 3. The van der Waals surface area contributed by atoms with Crippen LogP contribution in [-0.4, -0.2) is 27.8 Å². The fraction of sp³-hybridized carbons (Fsp3) is 0.125. The molecule has 0 bridgehead atoms. The first-order valence-corrected chi connectivity index (χ1v) is 11.9. The summed E-state index contributed by atoms with van der Waals surface area (Å²) in [6.07, 6.45) is 1.50. The summed E-state index contributed by atoms with van der Waals surface area (Å²) in [4.78, 5) is 12.9. The molecule has 0 atom stereocenters. The maximum absolute atomic E-state index is 13.3. The van der Waals surface area contributed by atoms with Crippen molar-refractivity contribution in [1.29, 1.82) is 0 Å². The second-order valence-electron chi connectivity index (χ2n) is 7.88. The molecule has 1 heterocycles. The van der Waals surface area contributed by atoms with Crippen LogP contribution in [0.3, 0.4) is 0 Å². The van der Waals surface area contributed by atoms with Crippen molar-refractivity contribution in [2.24, 2.45) is 0 Å². The Bertz CT molecular complexity index is 1500. The lowest BCUT2D eigenvalue weighted by atomic mass is 10.1. The number of imidazole rings is 1. The normalized spacial score (nSPS) is 13.7. The molecule has 1 aromatic heterocycles. The standard InChI is InChI=1S/C24H21N3O5S/c28-22-23(29)27(24(30)26(22)18-13-14-18)19-10-6-9-17(15-19)25-33(31,32)21-12-5-4-11-20(21)16-7-2-1-3-8-16/h1-12,15,18,25,28-29H,13-14H2. The van der Waals surface area contributed by atoms with Gasteiger partial charge in [0.05, 0.1) is 16.3 Å². The van der Waals surface area contributed by atoms with E-state index in [4.69, 9.17) is 0 Å². The molecule has 5 rings (SSSR count). The molecular weight excluding hydrogens is 442 g/mol. The van der Waals surface area contributed by atoms with Crippen molar-refractivity contribution in [1.82, 2.24) is 9.13 Å². The SMILES string of the molecule is O=c1n(-c2cccc(NS(=O)(=O)c3ccccc3-c3ccccc3)c2)c(O)c(O)n1C1CC1. The molecule has 1 saturated carbocycles. The van der Waals surface area contributed by atoms with E-state index in [1.807, 2.05) is 30.3 Å². The van der Waals surface area contributed by atoms with Gasteiger partial charge in [-0.25, -0.2) is 17.8 Å². The van der Waals surface area contributed by atoms with Crippen LogP contribution in [0.1, 0.15) is 18.9 Å². The lowest BCUT2D eigenvalue weighted by Gasteiger charge is -2.13. The van der Waals surface area contributed by atoms with E-state index in [9.17, 15) is 23.4 Å². The zero-order chi connectivity index (χ0) is 23.2. The first kappa shape index (κ1) is 20.9. The average molecular weight is 464 g/mol. The zero-order valence-electron chi connectivity index (χ0n) is 17.4. The summed E-state index contributed by atoms with van der Waals surface area (Å²) < 4.78 is 31.2. The van der Waals surface area contributed by atoms with Gasteiger partial charge in [-0.05, 0) is 42.7 Å². The van der Waals surface area contributed by atoms with Crippen LogP contribution in [-0.2, 0) is 10.0 Å². The van der Waals surface area contributed by atoms with E-state index in [0.717, 1.165) is 27.5 Å². The molecule has 0 amide bonds. The molecule has 1 aliphatic rings. The highest BCUT2D eigenvalue weighted by Crippen LogP contribution is 2.40. The van der Waals surface area contributed by atoms with Crippen LogP contribution in [0.4, 0.5) is 5.69 Å².